The second-order valence-electron chi connectivity index (χ2n) is 4.81. The van der Waals surface area contributed by atoms with E-state index in [1.807, 2.05) is 12.1 Å². The molecule has 0 unspecified atom stereocenters. The summed E-state index contributed by atoms with van der Waals surface area (Å²) >= 11 is 0. The molecule has 3 heteroatoms. The Bertz CT molecular complexity index is 344. The number of likely N-dealkylation sites (tertiary alicyclic amines) is 1. The van der Waals surface area contributed by atoms with Crippen LogP contribution in [-0.2, 0) is 4.74 Å². The van der Waals surface area contributed by atoms with E-state index in [0.29, 0.717) is 12.1 Å². The third-order valence-corrected chi connectivity index (χ3v) is 3.23. The second-order valence-corrected chi connectivity index (χ2v) is 4.81. The minimum absolute atomic E-state index is 0.331. The van der Waals surface area contributed by atoms with E-state index >= 15 is 0 Å². The van der Waals surface area contributed by atoms with Crippen LogP contribution in [0.1, 0.15) is 12.5 Å². The summed E-state index contributed by atoms with van der Waals surface area (Å²) in [6, 6.07) is 8.73. The van der Waals surface area contributed by atoms with Crippen molar-refractivity contribution in [2.45, 2.75) is 26.0 Å². The molecule has 1 atom stereocenters. The summed E-state index contributed by atoms with van der Waals surface area (Å²) in [5, 5.41) is 0. The summed E-state index contributed by atoms with van der Waals surface area (Å²) in [5.74, 6) is 0.972. The zero-order chi connectivity index (χ0) is 12.3. The Morgan fingerprint density at radius 1 is 1.29 bits per heavy atom. The van der Waals surface area contributed by atoms with E-state index in [0.717, 1.165) is 25.4 Å². The first-order valence-electron chi connectivity index (χ1n) is 6.15. The predicted molar refractivity (Wildman–Crippen MR) is 68.5 cm³/mol. The van der Waals surface area contributed by atoms with Crippen molar-refractivity contribution in [3.05, 3.63) is 29.8 Å². The second kappa shape index (κ2) is 5.52. The number of aryl methyl sites for hydroxylation is 1. The van der Waals surface area contributed by atoms with Crippen LogP contribution in [0.15, 0.2) is 24.3 Å². The van der Waals surface area contributed by atoms with Gasteiger partial charge in [0.1, 0.15) is 11.9 Å². The van der Waals surface area contributed by atoms with Crippen LogP contribution in [0.5, 0.6) is 5.75 Å². The number of methoxy groups -OCH3 is 1. The minimum atomic E-state index is 0.331. The molecule has 0 spiro atoms. The number of benzene rings is 1. The molecule has 0 N–H and O–H groups in total. The van der Waals surface area contributed by atoms with E-state index in [4.69, 9.17) is 9.47 Å². The lowest BCUT2D eigenvalue weighted by Gasteiger charge is -2.42. The summed E-state index contributed by atoms with van der Waals surface area (Å²) < 4.78 is 11.0. The molecule has 3 nitrogen and oxygen atoms in total. The van der Waals surface area contributed by atoms with Gasteiger partial charge in [0.2, 0.25) is 0 Å². The van der Waals surface area contributed by atoms with Gasteiger partial charge in [-0.3, -0.25) is 4.90 Å². The van der Waals surface area contributed by atoms with Crippen LogP contribution in [0.4, 0.5) is 0 Å². The van der Waals surface area contributed by atoms with Crippen LogP contribution in [0.2, 0.25) is 0 Å². The molecule has 1 aromatic carbocycles. The first-order valence-corrected chi connectivity index (χ1v) is 6.15. The Kier molecular flexibility index (Phi) is 4.02. The molecule has 0 bridgehead atoms. The van der Waals surface area contributed by atoms with Crippen molar-refractivity contribution in [2.75, 3.05) is 26.8 Å². The minimum Gasteiger partial charge on any atom is -0.488 e. The Morgan fingerprint density at radius 2 is 1.94 bits per heavy atom. The van der Waals surface area contributed by atoms with Gasteiger partial charge in [0, 0.05) is 26.2 Å². The quantitative estimate of drug-likeness (QED) is 0.780. The zero-order valence-corrected chi connectivity index (χ0v) is 10.8. The molecule has 0 amide bonds. The maximum Gasteiger partial charge on any atom is 0.124 e. The molecule has 2 rings (SSSR count). The lowest BCUT2D eigenvalue weighted by Crippen LogP contribution is -2.58. The Labute approximate surface area is 103 Å². The summed E-state index contributed by atoms with van der Waals surface area (Å²) in [4.78, 5) is 2.38. The average molecular weight is 235 g/mol. The SMILES string of the molecule is COC[C@H](C)N1CC(Oc2ccc(C)cc2)C1. The monoisotopic (exact) mass is 235 g/mol. The molecule has 1 heterocycles. The number of hydrogen-bond acceptors (Lipinski definition) is 3. The summed E-state index contributed by atoms with van der Waals surface area (Å²) in [6.45, 7) is 7.06. The molecule has 1 fully saturated rings. The molecule has 1 aromatic rings. The van der Waals surface area contributed by atoms with Crippen LogP contribution in [0, 0.1) is 6.92 Å². The molecule has 1 aliphatic rings. The Balaban J connectivity index is 1.75. The van der Waals surface area contributed by atoms with Crippen molar-refractivity contribution in [1.82, 2.24) is 4.90 Å². The van der Waals surface area contributed by atoms with Crippen LogP contribution in [0.3, 0.4) is 0 Å². The van der Waals surface area contributed by atoms with E-state index in [1.165, 1.54) is 5.56 Å². The molecule has 1 aliphatic heterocycles. The molecular weight excluding hydrogens is 214 g/mol. The van der Waals surface area contributed by atoms with Crippen LogP contribution in [-0.4, -0.2) is 43.9 Å². The normalized spacial score (nSPS) is 18.8. The van der Waals surface area contributed by atoms with E-state index in [9.17, 15) is 0 Å². The highest BCUT2D eigenvalue weighted by Gasteiger charge is 2.31. The third kappa shape index (κ3) is 3.20. The van der Waals surface area contributed by atoms with Crippen molar-refractivity contribution in [1.29, 1.82) is 0 Å². The van der Waals surface area contributed by atoms with Crippen molar-refractivity contribution in [3.8, 4) is 5.75 Å². The zero-order valence-electron chi connectivity index (χ0n) is 10.8. The maximum atomic E-state index is 5.88. The third-order valence-electron chi connectivity index (χ3n) is 3.23. The topological polar surface area (TPSA) is 21.7 Å². The predicted octanol–water partition coefficient (Wildman–Crippen LogP) is 2.09. The van der Waals surface area contributed by atoms with Gasteiger partial charge in [-0.1, -0.05) is 17.7 Å². The summed E-state index contributed by atoms with van der Waals surface area (Å²) in [6.07, 6.45) is 0.331. The molecule has 94 valence electrons. The highest BCUT2D eigenvalue weighted by atomic mass is 16.5. The number of rotatable bonds is 5. The first-order chi connectivity index (χ1) is 8.19. The van der Waals surface area contributed by atoms with Crippen LogP contribution in [0.25, 0.3) is 0 Å². The van der Waals surface area contributed by atoms with Crippen molar-refractivity contribution in [3.63, 3.8) is 0 Å². The Morgan fingerprint density at radius 3 is 2.53 bits per heavy atom. The van der Waals surface area contributed by atoms with Gasteiger partial charge in [-0.05, 0) is 26.0 Å². The van der Waals surface area contributed by atoms with Crippen LogP contribution < -0.4 is 4.74 Å². The summed E-state index contributed by atoms with van der Waals surface area (Å²) in [7, 11) is 1.75. The van der Waals surface area contributed by atoms with Gasteiger partial charge in [-0.15, -0.1) is 0 Å². The highest BCUT2D eigenvalue weighted by Crippen LogP contribution is 2.20. The first kappa shape index (κ1) is 12.4. The Hall–Kier alpha value is -1.06. The van der Waals surface area contributed by atoms with E-state index in [1.54, 1.807) is 7.11 Å². The van der Waals surface area contributed by atoms with Gasteiger partial charge in [0.05, 0.1) is 6.61 Å². The van der Waals surface area contributed by atoms with Gasteiger partial charge in [-0.2, -0.15) is 0 Å². The number of nitrogens with zero attached hydrogens (tertiary/aromatic N) is 1. The smallest absolute Gasteiger partial charge is 0.124 e. The van der Waals surface area contributed by atoms with Gasteiger partial charge < -0.3 is 9.47 Å². The van der Waals surface area contributed by atoms with E-state index in [2.05, 4.69) is 30.9 Å². The maximum absolute atomic E-state index is 5.88. The molecular formula is C14H21NO2. The summed E-state index contributed by atoms with van der Waals surface area (Å²) in [5.41, 5.74) is 1.27. The van der Waals surface area contributed by atoms with Gasteiger partial charge in [-0.25, -0.2) is 0 Å². The fourth-order valence-electron chi connectivity index (χ4n) is 2.06. The number of ether oxygens (including phenoxy) is 2. The lowest BCUT2D eigenvalue weighted by atomic mass is 10.1. The van der Waals surface area contributed by atoms with Gasteiger partial charge in [0.15, 0.2) is 0 Å². The lowest BCUT2D eigenvalue weighted by molar-refractivity contribution is -0.0245. The number of hydrogen-bond donors (Lipinski definition) is 0. The van der Waals surface area contributed by atoms with Crippen molar-refractivity contribution < 1.29 is 9.47 Å². The van der Waals surface area contributed by atoms with E-state index in [-0.39, 0.29) is 0 Å². The average Bonchev–Trinajstić information content (AvgIpc) is 2.25. The fraction of sp³-hybridized carbons (Fsp3) is 0.571. The van der Waals surface area contributed by atoms with Crippen LogP contribution >= 0.6 is 0 Å². The largest absolute Gasteiger partial charge is 0.488 e. The van der Waals surface area contributed by atoms with E-state index < -0.39 is 0 Å². The molecule has 0 aliphatic carbocycles. The molecule has 17 heavy (non-hydrogen) atoms. The standard InChI is InChI=1S/C14H21NO2/c1-11-4-6-13(7-5-11)17-14-8-15(9-14)12(2)10-16-3/h4-7,12,14H,8-10H2,1-3H3/t12-/m0/s1. The van der Waals surface area contributed by atoms with Crippen molar-refractivity contribution >= 4 is 0 Å². The molecule has 0 saturated carbocycles. The molecule has 0 aromatic heterocycles. The van der Waals surface area contributed by atoms with Gasteiger partial charge in [0.25, 0.3) is 0 Å². The van der Waals surface area contributed by atoms with Gasteiger partial charge >= 0.3 is 0 Å². The fourth-order valence-corrected chi connectivity index (χ4v) is 2.06. The highest BCUT2D eigenvalue weighted by molar-refractivity contribution is 5.26. The molecule has 1 saturated heterocycles. The van der Waals surface area contributed by atoms with Crippen molar-refractivity contribution in [2.24, 2.45) is 0 Å². The molecule has 0 radical (unpaired) electrons.